The van der Waals surface area contributed by atoms with Crippen LogP contribution in [-0.2, 0) is 16.0 Å². The molecule has 23 heavy (non-hydrogen) atoms. The maximum Gasteiger partial charge on any atom is 0.344 e. The number of fused-ring (bicyclic) bond motifs is 1. The van der Waals surface area contributed by atoms with Crippen LogP contribution in [0.15, 0.2) is 12.1 Å². The molecule has 1 aliphatic heterocycles. The predicted molar refractivity (Wildman–Crippen MR) is 90.8 cm³/mol. The van der Waals surface area contributed by atoms with E-state index in [2.05, 4.69) is 19.7 Å². The minimum Gasteiger partial charge on any atom is -0.481 e. The van der Waals surface area contributed by atoms with E-state index >= 15 is 0 Å². The van der Waals surface area contributed by atoms with Gasteiger partial charge in [-0.1, -0.05) is 6.92 Å². The molecule has 0 fully saturated rings. The number of Topliss-reactive ketones (excluding diaryl/α,β-unsaturated/α-hetero) is 1. The van der Waals surface area contributed by atoms with E-state index < -0.39 is 5.97 Å². The lowest BCUT2D eigenvalue weighted by Crippen LogP contribution is -2.24. The molecule has 1 heterocycles. The summed E-state index contributed by atoms with van der Waals surface area (Å²) in [6.07, 6.45) is 0.907. The van der Waals surface area contributed by atoms with E-state index in [4.69, 9.17) is 9.47 Å². The minimum atomic E-state index is -0.426. The van der Waals surface area contributed by atoms with Crippen LogP contribution in [0.1, 0.15) is 48.2 Å². The van der Waals surface area contributed by atoms with Gasteiger partial charge < -0.3 is 14.3 Å². The third-order valence-corrected chi connectivity index (χ3v) is 4.15. The van der Waals surface area contributed by atoms with E-state index in [0.29, 0.717) is 23.8 Å². The van der Waals surface area contributed by atoms with Gasteiger partial charge in [0.1, 0.15) is 5.75 Å². The molecule has 0 saturated heterocycles. The smallest absolute Gasteiger partial charge is 0.344 e. The lowest BCUT2D eigenvalue weighted by molar-refractivity contribution is -0.145. The van der Waals surface area contributed by atoms with Gasteiger partial charge in [0, 0.05) is 0 Å². The topological polar surface area (TPSA) is 55.8 Å². The molecule has 1 aromatic carbocycles. The quantitative estimate of drug-likeness (QED) is 0.466. The fraction of sp³-hybridized carbons (Fsp3) is 0.529. The van der Waals surface area contributed by atoms with Crippen molar-refractivity contribution >= 4 is 19.7 Å². The standard InChI is InChI=1S/C17H24BNO4/c1-4-22-17(21)10-23-16-7-13-5-6-19(18)9-11(2)14(13)8-15(16)12(3)20/h7-8,11H,4-6,9-10,18H2,1-3H3. The summed E-state index contributed by atoms with van der Waals surface area (Å²) in [4.78, 5) is 25.8. The Hall–Kier alpha value is -1.82. The molecular weight excluding hydrogens is 293 g/mol. The number of carbonyl (C=O) groups is 2. The third kappa shape index (κ3) is 4.35. The maximum atomic E-state index is 12.0. The van der Waals surface area contributed by atoms with Crippen LogP contribution in [0.4, 0.5) is 0 Å². The second-order valence-electron chi connectivity index (χ2n) is 6.11. The molecule has 1 atom stereocenters. The summed E-state index contributed by atoms with van der Waals surface area (Å²) < 4.78 is 10.4. The number of carbonyl (C=O) groups excluding carboxylic acids is 2. The SMILES string of the molecule is BN1CCc2cc(OCC(=O)OCC)c(C(C)=O)cc2C(C)C1. The third-order valence-electron chi connectivity index (χ3n) is 4.15. The average Bonchev–Trinajstić information content (AvgIpc) is 2.63. The molecule has 124 valence electrons. The second kappa shape index (κ2) is 7.64. The molecule has 1 aromatic rings. The first kappa shape index (κ1) is 17.5. The van der Waals surface area contributed by atoms with Gasteiger partial charge in [-0.3, -0.25) is 4.79 Å². The molecular formula is C17H24BNO4. The van der Waals surface area contributed by atoms with E-state index in [0.717, 1.165) is 19.5 Å². The molecule has 1 unspecified atom stereocenters. The highest BCUT2D eigenvalue weighted by molar-refractivity contribution is 6.04. The normalized spacial score (nSPS) is 18.0. The highest BCUT2D eigenvalue weighted by Crippen LogP contribution is 2.31. The molecule has 0 aliphatic carbocycles. The van der Waals surface area contributed by atoms with Crippen molar-refractivity contribution in [2.24, 2.45) is 0 Å². The molecule has 6 heteroatoms. The van der Waals surface area contributed by atoms with Crippen LogP contribution in [0.25, 0.3) is 0 Å². The van der Waals surface area contributed by atoms with Crippen LogP contribution in [0.3, 0.4) is 0 Å². The largest absolute Gasteiger partial charge is 0.481 e. The summed E-state index contributed by atoms with van der Waals surface area (Å²) in [7, 11) is 2.10. The number of esters is 1. The summed E-state index contributed by atoms with van der Waals surface area (Å²) in [5.74, 6) is 0.345. The Balaban J connectivity index is 2.31. The molecule has 0 aromatic heterocycles. The van der Waals surface area contributed by atoms with E-state index in [-0.39, 0.29) is 12.4 Å². The van der Waals surface area contributed by atoms with Gasteiger partial charge in [-0.15, -0.1) is 0 Å². The zero-order chi connectivity index (χ0) is 17.0. The Bertz CT molecular complexity index is 603. The van der Waals surface area contributed by atoms with Crippen molar-refractivity contribution in [1.82, 2.24) is 4.81 Å². The number of hydrogen-bond acceptors (Lipinski definition) is 5. The Morgan fingerprint density at radius 1 is 1.39 bits per heavy atom. The van der Waals surface area contributed by atoms with Crippen LogP contribution in [-0.4, -0.2) is 50.8 Å². The van der Waals surface area contributed by atoms with Crippen molar-refractivity contribution in [3.8, 4) is 5.75 Å². The highest BCUT2D eigenvalue weighted by atomic mass is 16.6. The first-order valence-electron chi connectivity index (χ1n) is 8.07. The molecule has 0 saturated carbocycles. The average molecular weight is 317 g/mol. The first-order valence-corrected chi connectivity index (χ1v) is 8.07. The van der Waals surface area contributed by atoms with Crippen LogP contribution in [0.5, 0.6) is 5.75 Å². The van der Waals surface area contributed by atoms with Gasteiger partial charge in [0.25, 0.3) is 0 Å². The molecule has 1 aliphatic rings. The lowest BCUT2D eigenvalue weighted by Gasteiger charge is -2.19. The Labute approximate surface area is 138 Å². The van der Waals surface area contributed by atoms with Gasteiger partial charge in [-0.05, 0) is 62.5 Å². The fourth-order valence-corrected chi connectivity index (χ4v) is 3.02. The number of benzene rings is 1. The summed E-state index contributed by atoms with van der Waals surface area (Å²) in [6.45, 7) is 7.51. The van der Waals surface area contributed by atoms with Crippen molar-refractivity contribution in [2.45, 2.75) is 33.1 Å². The van der Waals surface area contributed by atoms with Gasteiger partial charge in [0.2, 0.25) is 0 Å². The van der Waals surface area contributed by atoms with Crippen LogP contribution in [0, 0.1) is 0 Å². The van der Waals surface area contributed by atoms with Crippen LogP contribution in [0.2, 0.25) is 0 Å². The molecule has 0 amide bonds. The molecule has 0 N–H and O–H groups in total. The van der Waals surface area contributed by atoms with Crippen molar-refractivity contribution in [1.29, 1.82) is 0 Å². The Morgan fingerprint density at radius 3 is 2.78 bits per heavy atom. The van der Waals surface area contributed by atoms with Gasteiger partial charge in [-0.2, -0.15) is 0 Å². The van der Waals surface area contributed by atoms with Gasteiger partial charge in [0.15, 0.2) is 20.4 Å². The summed E-state index contributed by atoms with van der Waals surface area (Å²) in [5.41, 5.74) is 2.91. The van der Waals surface area contributed by atoms with E-state index in [1.54, 1.807) is 6.92 Å². The molecule has 0 bridgehead atoms. The molecule has 2 rings (SSSR count). The van der Waals surface area contributed by atoms with E-state index in [9.17, 15) is 9.59 Å². The summed E-state index contributed by atoms with van der Waals surface area (Å²) >= 11 is 0. The monoisotopic (exact) mass is 317 g/mol. The maximum absolute atomic E-state index is 12.0. The van der Waals surface area contributed by atoms with Gasteiger partial charge in [0.05, 0.1) is 12.2 Å². The minimum absolute atomic E-state index is 0.0588. The number of ketones is 1. The molecule has 5 nitrogen and oxygen atoms in total. The first-order chi connectivity index (χ1) is 10.9. The fourth-order valence-electron chi connectivity index (χ4n) is 3.02. The van der Waals surface area contributed by atoms with Crippen molar-refractivity contribution in [3.63, 3.8) is 0 Å². The number of nitrogens with zero attached hydrogens (tertiary/aromatic N) is 1. The highest BCUT2D eigenvalue weighted by Gasteiger charge is 2.22. The number of hydrogen-bond donors (Lipinski definition) is 0. The lowest BCUT2D eigenvalue weighted by atomic mass is 9.92. The van der Waals surface area contributed by atoms with Crippen molar-refractivity contribution < 1.29 is 19.1 Å². The van der Waals surface area contributed by atoms with Crippen LogP contribution >= 0.6 is 0 Å². The van der Waals surface area contributed by atoms with E-state index in [1.165, 1.54) is 18.1 Å². The number of rotatable bonds is 5. The van der Waals surface area contributed by atoms with Gasteiger partial charge in [-0.25, -0.2) is 4.79 Å². The van der Waals surface area contributed by atoms with Gasteiger partial charge >= 0.3 is 5.97 Å². The van der Waals surface area contributed by atoms with E-state index in [1.807, 2.05) is 12.1 Å². The molecule has 0 radical (unpaired) electrons. The Kier molecular flexibility index (Phi) is 5.83. The summed E-state index contributed by atoms with van der Waals surface area (Å²) in [5, 5.41) is 0. The predicted octanol–water partition coefficient (Wildman–Crippen LogP) is 1.34. The molecule has 0 spiro atoms. The zero-order valence-corrected chi connectivity index (χ0v) is 14.3. The van der Waals surface area contributed by atoms with Crippen molar-refractivity contribution in [3.05, 3.63) is 28.8 Å². The number of ether oxygens (including phenoxy) is 2. The van der Waals surface area contributed by atoms with Crippen LogP contribution < -0.4 is 4.74 Å². The summed E-state index contributed by atoms with van der Waals surface area (Å²) in [6, 6.07) is 3.85. The van der Waals surface area contributed by atoms with Crippen molar-refractivity contribution in [2.75, 3.05) is 26.3 Å². The zero-order valence-electron chi connectivity index (χ0n) is 14.3. The Morgan fingerprint density at radius 2 is 2.13 bits per heavy atom. The second-order valence-corrected chi connectivity index (χ2v) is 6.11.